The molecule has 1 fully saturated rings. The van der Waals surface area contributed by atoms with Crippen molar-refractivity contribution >= 4 is 16.0 Å². The molecule has 1 atom stereocenters. The first-order chi connectivity index (χ1) is 9.49. The monoisotopic (exact) mass is 300 g/mol. The molecule has 0 bridgehead atoms. The average Bonchev–Trinajstić information content (AvgIpc) is 2.46. The van der Waals surface area contributed by atoms with E-state index in [1.165, 1.54) is 12.1 Å². The van der Waals surface area contributed by atoms with E-state index < -0.39 is 16.0 Å². The van der Waals surface area contributed by atoms with Crippen molar-refractivity contribution in [2.24, 2.45) is 5.92 Å². The van der Waals surface area contributed by atoms with E-state index in [2.05, 4.69) is 9.71 Å². The normalized spacial score (nSPS) is 19.7. The van der Waals surface area contributed by atoms with Crippen LogP contribution in [0, 0.1) is 5.92 Å². The third-order valence-corrected chi connectivity index (χ3v) is 4.41. The Morgan fingerprint density at radius 2 is 2.30 bits per heavy atom. The maximum Gasteiger partial charge on any atom is 0.337 e. The zero-order chi connectivity index (χ0) is 14.6. The lowest BCUT2D eigenvalue weighted by molar-refractivity contribution is 0.0568. The van der Waals surface area contributed by atoms with Gasteiger partial charge in [0.05, 0.1) is 12.2 Å². The molecule has 2 heterocycles. The van der Waals surface area contributed by atoms with Crippen molar-refractivity contribution in [1.29, 1.82) is 0 Å². The Labute approximate surface area is 117 Å². The van der Waals surface area contributed by atoms with Crippen LogP contribution in [0.15, 0.2) is 23.4 Å². The van der Waals surface area contributed by atoms with Gasteiger partial charge < -0.3 is 9.84 Å². The number of hydrogen-bond donors (Lipinski definition) is 2. The van der Waals surface area contributed by atoms with E-state index in [-0.39, 0.29) is 16.5 Å². The Hall–Kier alpha value is -1.51. The molecule has 0 amide bonds. The maximum atomic E-state index is 12.0. The van der Waals surface area contributed by atoms with Gasteiger partial charge in [-0.05, 0) is 30.9 Å². The van der Waals surface area contributed by atoms with Gasteiger partial charge in [-0.3, -0.25) is 0 Å². The Balaban J connectivity index is 2.00. The first-order valence-corrected chi connectivity index (χ1v) is 7.74. The van der Waals surface area contributed by atoms with Crippen molar-refractivity contribution in [3.63, 3.8) is 0 Å². The largest absolute Gasteiger partial charge is 0.478 e. The van der Waals surface area contributed by atoms with Crippen molar-refractivity contribution in [3.8, 4) is 0 Å². The number of carbonyl (C=O) groups is 1. The van der Waals surface area contributed by atoms with Gasteiger partial charge in [0, 0.05) is 19.3 Å². The lowest BCUT2D eigenvalue weighted by Gasteiger charge is -2.22. The highest BCUT2D eigenvalue weighted by Gasteiger charge is 2.20. The summed E-state index contributed by atoms with van der Waals surface area (Å²) in [6, 6.07) is 2.40. The zero-order valence-electron chi connectivity index (χ0n) is 10.8. The molecule has 2 rings (SSSR count). The van der Waals surface area contributed by atoms with Crippen LogP contribution in [0.4, 0.5) is 0 Å². The second kappa shape index (κ2) is 6.29. The van der Waals surface area contributed by atoms with Crippen LogP contribution in [0.5, 0.6) is 0 Å². The molecule has 20 heavy (non-hydrogen) atoms. The van der Waals surface area contributed by atoms with E-state index in [1.807, 2.05) is 0 Å². The Kier molecular flexibility index (Phi) is 4.69. The molecule has 8 heteroatoms. The van der Waals surface area contributed by atoms with Gasteiger partial charge in [0.25, 0.3) is 10.0 Å². The quantitative estimate of drug-likeness (QED) is 0.819. The minimum atomic E-state index is -3.71. The predicted octanol–water partition coefficient (Wildman–Crippen LogP) is 0.485. The van der Waals surface area contributed by atoms with Gasteiger partial charge in [-0.2, -0.15) is 0 Å². The molecule has 1 unspecified atom stereocenters. The summed E-state index contributed by atoms with van der Waals surface area (Å²) in [5.41, 5.74) is -0.0513. The molecular weight excluding hydrogens is 284 g/mol. The Bertz CT molecular complexity index is 564. The summed E-state index contributed by atoms with van der Waals surface area (Å²) in [6.45, 7) is 1.57. The van der Waals surface area contributed by atoms with Crippen LogP contribution in [-0.2, 0) is 14.8 Å². The summed E-state index contributed by atoms with van der Waals surface area (Å²) in [5, 5.41) is 8.55. The Morgan fingerprint density at radius 1 is 1.50 bits per heavy atom. The summed E-state index contributed by atoms with van der Waals surface area (Å²) >= 11 is 0. The Morgan fingerprint density at radius 3 is 2.85 bits per heavy atom. The van der Waals surface area contributed by atoms with Gasteiger partial charge in [0.2, 0.25) is 0 Å². The van der Waals surface area contributed by atoms with Gasteiger partial charge >= 0.3 is 5.97 Å². The third kappa shape index (κ3) is 3.75. The summed E-state index contributed by atoms with van der Waals surface area (Å²) in [5.74, 6) is -0.981. The average molecular weight is 300 g/mol. The van der Waals surface area contributed by atoms with Crippen LogP contribution in [-0.4, -0.2) is 44.2 Å². The van der Waals surface area contributed by atoms with Crippen molar-refractivity contribution in [3.05, 3.63) is 23.9 Å². The maximum absolute atomic E-state index is 12.0. The van der Waals surface area contributed by atoms with E-state index >= 15 is 0 Å². The molecule has 0 aromatic carbocycles. The molecule has 0 saturated carbocycles. The fraction of sp³-hybridized carbons (Fsp3) is 0.500. The van der Waals surface area contributed by atoms with Gasteiger partial charge in [0.1, 0.15) is 0 Å². The molecule has 1 aromatic heterocycles. The minimum Gasteiger partial charge on any atom is -0.478 e. The zero-order valence-corrected chi connectivity index (χ0v) is 11.6. The fourth-order valence-corrected chi connectivity index (χ4v) is 2.98. The van der Waals surface area contributed by atoms with E-state index in [1.54, 1.807) is 0 Å². The highest BCUT2D eigenvalue weighted by atomic mass is 32.2. The summed E-state index contributed by atoms with van der Waals surface area (Å²) in [7, 11) is -3.71. The van der Waals surface area contributed by atoms with Crippen molar-refractivity contribution in [2.75, 3.05) is 19.8 Å². The number of nitrogens with zero attached hydrogens (tertiary/aromatic N) is 1. The number of nitrogens with one attached hydrogen (secondary N) is 1. The molecule has 0 spiro atoms. The highest BCUT2D eigenvalue weighted by Crippen LogP contribution is 2.14. The van der Waals surface area contributed by atoms with E-state index in [0.29, 0.717) is 13.2 Å². The molecular formula is C12H16N2O5S. The number of ether oxygens (including phenoxy) is 1. The lowest BCUT2D eigenvalue weighted by atomic mass is 10.0. The molecule has 0 aliphatic carbocycles. The molecule has 0 radical (unpaired) electrons. The van der Waals surface area contributed by atoms with Crippen LogP contribution in [0.1, 0.15) is 23.2 Å². The molecule has 2 N–H and O–H groups in total. The summed E-state index contributed by atoms with van der Waals surface area (Å²) < 4.78 is 31.7. The highest BCUT2D eigenvalue weighted by molar-refractivity contribution is 7.89. The van der Waals surface area contributed by atoms with E-state index in [9.17, 15) is 13.2 Å². The van der Waals surface area contributed by atoms with Crippen LogP contribution < -0.4 is 4.72 Å². The van der Waals surface area contributed by atoms with Crippen molar-refractivity contribution in [2.45, 2.75) is 17.9 Å². The van der Waals surface area contributed by atoms with Crippen LogP contribution in [0.25, 0.3) is 0 Å². The number of aromatic nitrogens is 1. The number of aromatic carboxylic acids is 1. The number of rotatable bonds is 5. The first-order valence-electron chi connectivity index (χ1n) is 6.26. The van der Waals surface area contributed by atoms with Gasteiger partial charge in [-0.1, -0.05) is 0 Å². The van der Waals surface area contributed by atoms with Crippen molar-refractivity contribution < 1.29 is 23.1 Å². The van der Waals surface area contributed by atoms with Gasteiger partial charge in [-0.25, -0.2) is 22.9 Å². The van der Waals surface area contributed by atoms with Gasteiger partial charge in [-0.15, -0.1) is 0 Å². The molecule has 1 aromatic rings. The van der Waals surface area contributed by atoms with Crippen molar-refractivity contribution in [1.82, 2.24) is 9.71 Å². The van der Waals surface area contributed by atoms with E-state index in [4.69, 9.17) is 9.84 Å². The standard InChI is InChI=1S/C12H16N2O5S/c15-12(16)10-3-4-11(13-7-10)20(17,18)14-6-9-2-1-5-19-8-9/h3-4,7,9,14H,1-2,5-6,8H2,(H,15,16). The lowest BCUT2D eigenvalue weighted by Crippen LogP contribution is -2.33. The minimum absolute atomic E-state index is 0.0513. The number of sulfonamides is 1. The molecule has 1 saturated heterocycles. The predicted molar refractivity (Wildman–Crippen MR) is 69.9 cm³/mol. The first kappa shape index (κ1) is 14.9. The third-order valence-electron chi connectivity index (χ3n) is 3.08. The van der Waals surface area contributed by atoms with Gasteiger partial charge in [0.15, 0.2) is 5.03 Å². The molecule has 110 valence electrons. The van der Waals surface area contributed by atoms with Crippen LogP contribution >= 0.6 is 0 Å². The summed E-state index contributed by atoms with van der Waals surface area (Å²) in [6.07, 6.45) is 2.88. The smallest absolute Gasteiger partial charge is 0.337 e. The topological polar surface area (TPSA) is 106 Å². The molecule has 1 aliphatic heterocycles. The SMILES string of the molecule is O=C(O)c1ccc(S(=O)(=O)NCC2CCCOC2)nc1. The fourth-order valence-electron chi connectivity index (χ4n) is 1.94. The van der Waals surface area contributed by atoms with Crippen LogP contribution in [0.3, 0.4) is 0 Å². The second-order valence-electron chi connectivity index (χ2n) is 4.63. The summed E-state index contributed by atoms with van der Waals surface area (Å²) in [4.78, 5) is 14.3. The molecule has 7 nitrogen and oxygen atoms in total. The second-order valence-corrected chi connectivity index (χ2v) is 6.34. The van der Waals surface area contributed by atoms with Crippen LogP contribution in [0.2, 0.25) is 0 Å². The number of pyridine rings is 1. The number of carboxylic acids is 1. The molecule has 1 aliphatic rings. The number of hydrogen-bond acceptors (Lipinski definition) is 5. The number of carboxylic acid groups (broad SMARTS) is 1. The van der Waals surface area contributed by atoms with E-state index in [0.717, 1.165) is 25.6 Å².